The van der Waals surface area contributed by atoms with Crippen LogP contribution in [0.25, 0.3) is 0 Å². The fourth-order valence-electron chi connectivity index (χ4n) is 3.21. The van der Waals surface area contributed by atoms with Crippen molar-refractivity contribution in [3.8, 4) is 0 Å². The highest BCUT2D eigenvalue weighted by molar-refractivity contribution is 5.79. The summed E-state index contributed by atoms with van der Waals surface area (Å²) in [5.74, 6) is -2.79. The predicted molar refractivity (Wildman–Crippen MR) is 74.7 cm³/mol. The lowest BCUT2D eigenvalue weighted by molar-refractivity contribution is -0.198. The lowest BCUT2D eigenvalue weighted by Gasteiger charge is -2.32. The summed E-state index contributed by atoms with van der Waals surface area (Å²) < 4.78 is 38.9. The first-order chi connectivity index (χ1) is 9.98. The Labute approximate surface area is 123 Å². The van der Waals surface area contributed by atoms with Gasteiger partial charge in [-0.05, 0) is 32.2 Å². The Morgan fingerprint density at radius 2 is 2.10 bits per heavy atom. The van der Waals surface area contributed by atoms with Crippen LogP contribution in [0.1, 0.15) is 38.5 Å². The molecule has 2 atom stereocenters. The zero-order valence-corrected chi connectivity index (χ0v) is 12.1. The van der Waals surface area contributed by atoms with Crippen LogP contribution in [-0.4, -0.2) is 31.7 Å². The number of halogens is 3. The van der Waals surface area contributed by atoms with E-state index in [0.717, 1.165) is 25.9 Å². The molecule has 2 unspecified atom stereocenters. The molecular weight excluding hydrogens is 281 g/mol. The second kappa shape index (κ2) is 7.29. The van der Waals surface area contributed by atoms with Crippen molar-refractivity contribution in [2.24, 2.45) is 11.8 Å². The number of carbonyl (C=O) groups excluding carboxylic acids is 1. The third kappa shape index (κ3) is 4.73. The Kier molecular flexibility index (Phi) is 5.67. The van der Waals surface area contributed by atoms with Crippen molar-refractivity contribution in [2.75, 3.05) is 19.6 Å². The van der Waals surface area contributed by atoms with Gasteiger partial charge >= 0.3 is 6.18 Å². The van der Waals surface area contributed by atoms with Gasteiger partial charge in [-0.2, -0.15) is 13.2 Å². The minimum absolute atomic E-state index is 0.0818. The predicted octanol–water partition coefficient (Wildman–Crippen LogP) is 2.78. The molecule has 0 bridgehead atoms. The first kappa shape index (κ1) is 16.3. The molecule has 1 aliphatic heterocycles. The second-order valence-corrected chi connectivity index (χ2v) is 5.90. The molecule has 6 heteroatoms. The van der Waals surface area contributed by atoms with Crippen LogP contribution in [-0.2, 0) is 4.79 Å². The van der Waals surface area contributed by atoms with Gasteiger partial charge in [-0.1, -0.05) is 24.5 Å². The van der Waals surface area contributed by atoms with Crippen molar-refractivity contribution in [1.29, 1.82) is 0 Å². The largest absolute Gasteiger partial charge is 0.392 e. The van der Waals surface area contributed by atoms with Gasteiger partial charge in [0.1, 0.15) is 0 Å². The standard InChI is InChI=1S/C15H23F3N2O/c16-15(17,18)13-4-2-1-3-12(13)14(21)20-10-7-11-5-8-19-9-6-11/h5,12-13,19H,1-4,6-10H2,(H,20,21). The number of rotatable bonds is 4. The Morgan fingerprint density at radius 1 is 1.33 bits per heavy atom. The van der Waals surface area contributed by atoms with E-state index in [1.807, 2.05) is 0 Å². The van der Waals surface area contributed by atoms with Gasteiger partial charge in [0, 0.05) is 19.0 Å². The summed E-state index contributed by atoms with van der Waals surface area (Å²) in [7, 11) is 0. The van der Waals surface area contributed by atoms with Crippen molar-refractivity contribution >= 4 is 5.91 Å². The van der Waals surface area contributed by atoms with Crippen LogP contribution in [0.4, 0.5) is 13.2 Å². The molecule has 0 aromatic heterocycles. The Morgan fingerprint density at radius 3 is 2.76 bits per heavy atom. The minimum atomic E-state index is -4.26. The van der Waals surface area contributed by atoms with E-state index < -0.39 is 23.9 Å². The Balaban J connectivity index is 1.82. The Bertz CT molecular complexity index is 393. The van der Waals surface area contributed by atoms with Crippen LogP contribution in [0.3, 0.4) is 0 Å². The smallest absolute Gasteiger partial charge is 0.356 e. The number of amides is 1. The Hall–Kier alpha value is -1.04. The van der Waals surface area contributed by atoms with Gasteiger partial charge in [0.25, 0.3) is 0 Å². The third-order valence-corrected chi connectivity index (χ3v) is 4.43. The highest BCUT2D eigenvalue weighted by Crippen LogP contribution is 2.41. The van der Waals surface area contributed by atoms with E-state index in [1.54, 1.807) is 0 Å². The molecule has 0 saturated heterocycles. The van der Waals surface area contributed by atoms with Gasteiger partial charge in [0.05, 0.1) is 5.92 Å². The van der Waals surface area contributed by atoms with E-state index in [9.17, 15) is 18.0 Å². The average molecular weight is 304 g/mol. The molecule has 1 fully saturated rings. The molecule has 2 rings (SSSR count). The van der Waals surface area contributed by atoms with Gasteiger partial charge in [-0.3, -0.25) is 4.79 Å². The maximum absolute atomic E-state index is 13.0. The van der Waals surface area contributed by atoms with Gasteiger partial charge < -0.3 is 10.6 Å². The van der Waals surface area contributed by atoms with Crippen molar-refractivity contribution < 1.29 is 18.0 Å². The average Bonchev–Trinajstić information content (AvgIpc) is 2.47. The highest BCUT2D eigenvalue weighted by atomic mass is 19.4. The molecular formula is C15H23F3N2O. The molecule has 3 nitrogen and oxygen atoms in total. The zero-order chi connectivity index (χ0) is 15.3. The van der Waals surface area contributed by atoms with Crippen LogP contribution in [0, 0.1) is 11.8 Å². The normalized spacial score (nSPS) is 27.1. The first-order valence-electron chi connectivity index (χ1n) is 7.71. The molecule has 0 aromatic rings. The second-order valence-electron chi connectivity index (χ2n) is 5.90. The summed E-state index contributed by atoms with van der Waals surface area (Å²) in [5, 5.41) is 5.90. The van der Waals surface area contributed by atoms with Crippen molar-refractivity contribution in [1.82, 2.24) is 10.6 Å². The van der Waals surface area contributed by atoms with Crippen LogP contribution in [0.2, 0.25) is 0 Å². The van der Waals surface area contributed by atoms with Crippen molar-refractivity contribution in [3.63, 3.8) is 0 Å². The van der Waals surface area contributed by atoms with Crippen LogP contribution >= 0.6 is 0 Å². The minimum Gasteiger partial charge on any atom is -0.356 e. The third-order valence-electron chi connectivity index (χ3n) is 4.43. The topological polar surface area (TPSA) is 41.1 Å². The molecule has 0 radical (unpaired) electrons. The fourth-order valence-corrected chi connectivity index (χ4v) is 3.21. The maximum Gasteiger partial charge on any atom is 0.392 e. The van der Waals surface area contributed by atoms with E-state index in [4.69, 9.17) is 0 Å². The van der Waals surface area contributed by atoms with Crippen LogP contribution < -0.4 is 10.6 Å². The summed E-state index contributed by atoms with van der Waals surface area (Å²) in [6, 6.07) is 0. The van der Waals surface area contributed by atoms with E-state index in [-0.39, 0.29) is 6.42 Å². The number of alkyl halides is 3. The molecule has 0 aromatic carbocycles. The molecule has 0 spiro atoms. The van der Waals surface area contributed by atoms with E-state index >= 15 is 0 Å². The summed E-state index contributed by atoms with van der Waals surface area (Å²) in [6.45, 7) is 2.20. The number of carbonyl (C=O) groups is 1. The van der Waals surface area contributed by atoms with Gasteiger partial charge in [-0.25, -0.2) is 0 Å². The molecule has 21 heavy (non-hydrogen) atoms. The highest BCUT2D eigenvalue weighted by Gasteiger charge is 2.47. The van der Waals surface area contributed by atoms with Gasteiger partial charge in [0.15, 0.2) is 0 Å². The molecule has 1 saturated carbocycles. The summed E-state index contributed by atoms with van der Waals surface area (Å²) in [6.07, 6.45) is 1.21. The zero-order valence-electron chi connectivity index (χ0n) is 12.1. The molecule has 120 valence electrons. The molecule has 2 aliphatic rings. The molecule has 1 amide bonds. The van der Waals surface area contributed by atoms with E-state index in [2.05, 4.69) is 16.7 Å². The number of hydrogen-bond acceptors (Lipinski definition) is 2. The monoisotopic (exact) mass is 304 g/mol. The summed E-state index contributed by atoms with van der Waals surface area (Å²) in [5.41, 5.74) is 1.27. The van der Waals surface area contributed by atoms with Crippen molar-refractivity contribution in [2.45, 2.75) is 44.7 Å². The first-order valence-corrected chi connectivity index (χ1v) is 7.71. The molecule has 1 aliphatic carbocycles. The van der Waals surface area contributed by atoms with Crippen LogP contribution in [0.15, 0.2) is 11.6 Å². The van der Waals surface area contributed by atoms with Crippen molar-refractivity contribution in [3.05, 3.63) is 11.6 Å². The number of nitrogens with one attached hydrogen (secondary N) is 2. The van der Waals surface area contributed by atoms with E-state index in [0.29, 0.717) is 25.8 Å². The molecule has 1 heterocycles. The molecule has 2 N–H and O–H groups in total. The fraction of sp³-hybridized carbons (Fsp3) is 0.800. The lowest BCUT2D eigenvalue weighted by atomic mass is 9.78. The quantitative estimate of drug-likeness (QED) is 0.784. The SMILES string of the molecule is O=C(NCCC1=CCNCC1)C1CCCCC1C(F)(F)F. The van der Waals surface area contributed by atoms with Gasteiger partial charge in [0.2, 0.25) is 5.91 Å². The lowest BCUT2D eigenvalue weighted by Crippen LogP contribution is -2.42. The number of hydrogen-bond donors (Lipinski definition) is 2. The summed E-state index contributed by atoms with van der Waals surface area (Å²) >= 11 is 0. The summed E-state index contributed by atoms with van der Waals surface area (Å²) in [4.78, 5) is 12.1. The van der Waals surface area contributed by atoms with Gasteiger partial charge in [-0.15, -0.1) is 0 Å². The van der Waals surface area contributed by atoms with Crippen LogP contribution in [0.5, 0.6) is 0 Å². The van der Waals surface area contributed by atoms with E-state index in [1.165, 1.54) is 5.57 Å². The maximum atomic E-state index is 13.0.